The largest absolute Gasteiger partial charge is 0.489 e. The third-order valence-electron chi connectivity index (χ3n) is 6.09. The van der Waals surface area contributed by atoms with Gasteiger partial charge in [-0.1, -0.05) is 84.4 Å². The van der Waals surface area contributed by atoms with Crippen molar-refractivity contribution in [3.8, 4) is 5.75 Å². The quantitative estimate of drug-likeness (QED) is 0.186. The predicted molar refractivity (Wildman–Crippen MR) is 160 cm³/mol. The number of rotatable bonds is 10. The van der Waals surface area contributed by atoms with E-state index in [0.717, 1.165) is 28.1 Å². The second-order valence-corrected chi connectivity index (χ2v) is 10.9. The van der Waals surface area contributed by atoms with Crippen LogP contribution in [-0.4, -0.2) is 16.8 Å². The van der Waals surface area contributed by atoms with Crippen LogP contribution in [0.25, 0.3) is 0 Å². The lowest BCUT2D eigenvalue weighted by Crippen LogP contribution is -2.32. The second-order valence-electron chi connectivity index (χ2n) is 10.5. The molecule has 1 atom stereocenters. The average Bonchev–Trinajstić information content (AvgIpc) is 2.94. The van der Waals surface area contributed by atoms with E-state index in [1.54, 1.807) is 12.1 Å². The number of anilines is 1. The molecule has 0 heterocycles. The molecule has 0 fully saturated rings. The minimum atomic E-state index is -0.938. The van der Waals surface area contributed by atoms with Gasteiger partial charge in [-0.25, -0.2) is 4.79 Å². The van der Waals surface area contributed by atoms with E-state index >= 15 is 0 Å². The first-order chi connectivity index (χ1) is 19.2. The molecule has 0 radical (unpaired) electrons. The Bertz CT molecular complexity index is 1420. The van der Waals surface area contributed by atoms with Crippen LogP contribution in [-0.2, 0) is 24.4 Å². The van der Waals surface area contributed by atoms with Gasteiger partial charge in [0.25, 0.3) is 0 Å². The van der Waals surface area contributed by atoms with Crippen LogP contribution in [0, 0.1) is 0 Å². The van der Waals surface area contributed by atoms with Gasteiger partial charge >= 0.3 is 6.09 Å². The summed E-state index contributed by atoms with van der Waals surface area (Å²) < 4.78 is 11.4. The van der Waals surface area contributed by atoms with Gasteiger partial charge < -0.3 is 25.2 Å². The SMILES string of the molecule is CC(C)(C)OC(=O)NCc1cccc(C(O)c2cc(Cl)ccc2NCc2ccccc2OCc2ccccc2)c1. The number of para-hydroxylation sites is 1. The van der Waals surface area contributed by atoms with E-state index in [1.807, 2.05) is 106 Å². The van der Waals surface area contributed by atoms with Crippen molar-refractivity contribution < 1.29 is 19.4 Å². The van der Waals surface area contributed by atoms with E-state index in [-0.39, 0.29) is 6.54 Å². The molecule has 1 unspecified atom stereocenters. The lowest BCUT2D eigenvalue weighted by molar-refractivity contribution is 0.0523. The fraction of sp³-hybridized carbons (Fsp3) is 0.242. The molecule has 0 aromatic heterocycles. The van der Waals surface area contributed by atoms with Gasteiger partial charge in [-0.3, -0.25) is 0 Å². The Hall–Kier alpha value is -4.00. The molecule has 3 N–H and O–H groups in total. The Morgan fingerprint density at radius 3 is 2.38 bits per heavy atom. The molecule has 0 aliphatic rings. The van der Waals surface area contributed by atoms with Crippen LogP contribution in [0.1, 0.15) is 54.7 Å². The third-order valence-corrected chi connectivity index (χ3v) is 6.32. The first-order valence-electron chi connectivity index (χ1n) is 13.2. The summed E-state index contributed by atoms with van der Waals surface area (Å²) in [6, 6.07) is 30.8. The van der Waals surface area contributed by atoms with Gasteiger partial charge in [-0.15, -0.1) is 0 Å². The topological polar surface area (TPSA) is 79.8 Å². The number of benzene rings is 4. The Kier molecular flexibility index (Phi) is 9.70. The molecule has 0 aliphatic heterocycles. The highest BCUT2D eigenvalue weighted by Gasteiger charge is 2.18. The highest BCUT2D eigenvalue weighted by Crippen LogP contribution is 2.32. The molecule has 208 valence electrons. The number of hydrogen-bond donors (Lipinski definition) is 3. The Labute approximate surface area is 240 Å². The number of nitrogens with one attached hydrogen (secondary N) is 2. The average molecular weight is 559 g/mol. The molecule has 4 aromatic rings. The molecule has 0 aliphatic carbocycles. The van der Waals surface area contributed by atoms with Crippen molar-refractivity contribution in [2.45, 2.75) is 52.2 Å². The first kappa shape index (κ1) is 29.0. The molecule has 4 rings (SSSR count). The van der Waals surface area contributed by atoms with E-state index in [0.29, 0.717) is 29.3 Å². The van der Waals surface area contributed by atoms with E-state index in [4.69, 9.17) is 21.1 Å². The number of alkyl carbamates (subject to hydrolysis) is 1. The van der Waals surface area contributed by atoms with Crippen LogP contribution in [0.15, 0.2) is 97.1 Å². The smallest absolute Gasteiger partial charge is 0.407 e. The molecule has 40 heavy (non-hydrogen) atoms. The normalized spacial score (nSPS) is 11.9. The molecular weight excluding hydrogens is 524 g/mol. The van der Waals surface area contributed by atoms with E-state index in [9.17, 15) is 9.90 Å². The summed E-state index contributed by atoms with van der Waals surface area (Å²) in [4.78, 5) is 12.1. The summed E-state index contributed by atoms with van der Waals surface area (Å²) in [5.74, 6) is 0.792. The standard InChI is InChI=1S/C33H35ClN2O4/c1-33(2,3)40-32(38)36-20-24-12-9-14-25(18-24)31(37)28-19-27(34)16-17-29(28)35-21-26-13-7-8-15-30(26)39-22-23-10-5-4-6-11-23/h4-19,31,35,37H,20-22H2,1-3H3,(H,36,38). The molecule has 0 saturated heterocycles. The Balaban J connectivity index is 1.46. The summed E-state index contributed by atoms with van der Waals surface area (Å²) in [6.45, 7) is 6.69. The molecular formula is C33H35ClN2O4. The highest BCUT2D eigenvalue weighted by atomic mass is 35.5. The lowest BCUT2D eigenvalue weighted by Gasteiger charge is -2.20. The van der Waals surface area contributed by atoms with Crippen molar-refractivity contribution in [2.75, 3.05) is 5.32 Å². The number of ether oxygens (including phenoxy) is 2. The van der Waals surface area contributed by atoms with Gasteiger partial charge in [0.2, 0.25) is 0 Å². The van der Waals surface area contributed by atoms with Gasteiger partial charge in [0.15, 0.2) is 0 Å². The van der Waals surface area contributed by atoms with Crippen molar-refractivity contribution in [3.05, 3.63) is 130 Å². The summed E-state index contributed by atoms with van der Waals surface area (Å²) in [6.07, 6.45) is -1.43. The zero-order chi connectivity index (χ0) is 28.5. The lowest BCUT2D eigenvalue weighted by atomic mass is 9.98. The maximum Gasteiger partial charge on any atom is 0.407 e. The number of hydrogen-bond acceptors (Lipinski definition) is 5. The van der Waals surface area contributed by atoms with Gasteiger partial charge in [-0.2, -0.15) is 0 Å². The number of amides is 1. The monoisotopic (exact) mass is 558 g/mol. The minimum absolute atomic E-state index is 0.274. The van der Waals surface area contributed by atoms with Crippen molar-refractivity contribution in [3.63, 3.8) is 0 Å². The van der Waals surface area contributed by atoms with E-state index in [2.05, 4.69) is 10.6 Å². The van der Waals surface area contributed by atoms with Crippen LogP contribution in [0.2, 0.25) is 5.02 Å². The van der Waals surface area contributed by atoms with E-state index in [1.165, 1.54) is 0 Å². The number of halogens is 1. The fourth-order valence-electron chi connectivity index (χ4n) is 4.18. The van der Waals surface area contributed by atoms with Gasteiger partial charge in [0, 0.05) is 34.9 Å². The number of carbonyl (C=O) groups is 1. The van der Waals surface area contributed by atoms with Crippen molar-refractivity contribution in [2.24, 2.45) is 0 Å². The number of aliphatic hydroxyl groups is 1. The maximum atomic E-state index is 12.1. The Morgan fingerprint density at radius 2 is 1.60 bits per heavy atom. The maximum absolute atomic E-state index is 12.1. The first-order valence-corrected chi connectivity index (χ1v) is 13.6. The highest BCUT2D eigenvalue weighted by molar-refractivity contribution is 6.30. The predicted octanol–water partition coefficient (Wildman–Crippen LogP) is 7.64. The van der Waals surface area contributed by atoms with Crippen LogP contribution in [0.3, 0.4) is 0 Å². The molecule has 6 nitrogen and oxygen atoms in total. The summed E-state index contributed by atoms with van der Waals surface area (Å²) in [5, 5.41) is 18.1. The molecule has 1 amide bonds. The summed E-state index contributed by atoms with van der Waals surface area (Å²) in [5.41, 5.74) is 4.43. The third kappa shape index (κ3) is 8.50. The molecule has 0 spiro atoms. The van der Waals surface area contributed by atoms with Crippen LogP contribution in [0.4, 0.5) is 10.5 Å². The van der Waals surface area contributed by atoms with Gasteiger partial charge in [0.05, 0.1) is 0 Å². The summed E-state index contributed by atoms with van der Waals surface area (Å²) in [7, 11) is 0. The van der Waals surface area contributed by atoms with Gasteiger partial charge in [-0.05, 0) is 61.7 Å². The van der Waals surface area contributed by atoms with Gasteiger partial charge in [0.1, 0.15) is 24.1 Å². The molecule has 0 saturated carbocycles. The molecule has 0 bridgehead atoms. The zero-order valence-electron chi connectivity index (χ0n) is 23.0. The van der Waals surface area contributed by atoms with Crippen LogP contribution < -0.4 is 15.4 Å². The van der Waals surface area contributed by atoms with Crippen molar-refractivity contribution >= 4 is 23.4 Å². The molecule has 4 aromatic carbocycles. The Morgan fingerprint density at radius 1 is 0.875 bits per heavy atom. The van der Waals surface area contributed by atoms with Crippen molar-refractivity contribution in [1.82, 2.24) is 5.32 Å². The number of aliphatic hydroxyl groups excluding tert-OH is 1. The fourth-order valence-corrected chi connectivity index (χ4v) is 4.36. The zero-order valence-corrected chi connectivity index (χ0v) is 23.7. The summed E-state index contributed by atoms with van der Waals surface area (Å²) >= 11 is 6.34. The van der Waals surface area contributed by atoms with Crippen LogP contribution in [0.5, 0.6) is 5.75 Å². The van der Waals surface area contributed by atoms with Crippen molar-refractivity contribution in [1.29, 1.82) is 0 Å². The van der Waals surface area contributed by atoms with E-state index < -0.39 is 17.8 Å². The number of carbonyl (C=O) groups excluding carboxylic acids is 1. The van der Waals surface area contributed by atoms with Crippen LogP contribution >= 0.6 is 11.6 Å². The second kappa shape index (κ2) is 13.4. The minimum Gasteiger partial charge on any atom is -0.489 e. The molecule has 7 heteroatoms.